The zero-order chi connectivity index (χ0) is 22.9. The first-order valence-corrected chi connectivity index (χ1v) is 11.5. The molecule has 1 aliphatic rings. The molecule has 3 aromatic rings. The molecule has 1 aliphatic heterocycles. The van der Waals surface area contributed by atoms with Gasteiger partial charge in [-0.3, -0.25) is 14.2 Å². The second kappa shape index (κ2) is 8.92. The average Bonchev–Trinajstić information content (AvgIpc) is 2.98. The van der Waals surface area contributed by atoms with Crippen molar-refractivity contribution in [2.45, 2.75) is 31.0 Å². The van der Waals surface area contributed by atoms with Gasteiger partial charge in [0, 0.05) is 37.0 Å². The van der Waals surface area contributed by atoms with Gasteiger partial charge < -0.3 is 9.64 Å². The number of methoxy groups -OCH3 is 1. The number of hydrogen-bond acceptors (Lipinski definition) is 6. The fourth-order valence-electron chi connectivity index (χ4n) is 4.23. The Morgan fingerprint density at radius 3 is 2.62 bits per heavy atom. The molecule has 1 aromatic heterocycles. The minimum absolute atomic E-state index is 0.0153. The maximum Gasteiger partial charge on any atom is 0.262 e. The lowest BCUT2D eigenvalue weighted by molar-refractivity contribution is -0.112. The van der Waals surface area contributed by atoms with E-state index in [-0.39, 0.29) is 22.5 Å². The fourth-order valence-corrected chi connectivity index (χ4v) is 5.07. The number of carbonyl (C=O) groups is 1. The second-order valence-electron chi connectivity index (χ2n) is 8.35. The number of fused-ring (bicyclic) bond motifs is 2. The van der Waals surface area contributed by atoms with Crippen molar-refractivity contribution in [2.24, 2.45) is 0 Å². The van der Waals surface area contributed by atoms with E-state index in [4.69, 9.17) is 4.74 Å². The number of thioether (sulfide) groups is 1. The van der Waals surface area contributed by atoms with Crippen LogP contribution in [0.2, 0.25) is 0 Å². The lowest BCUT2D eigenvalue weighted by atomic mass is 9.83. The van der Waals surface area contributed by atoms with Gasteiger partial charge in [0.05, 0.1) is 29.8 Å². The Bertz CT molecular complexity index is 1260. The molecule has 4 rings (SSSR count). The fraction of sp³-hybridized carbons (Fsp3) is 0.320. The highest BCUT2D eigenvalue weighted by Crippen LogP contribution is 2.46. The van der Waals surface area contributed by atoms with Crippen LogP contribution >= 0.6 is 11.8 Å². The lowest BCUT2D eigenvalue weighted by Crippen LogP contribution is -2.26. The zero-order valence-electron chi connectivity index (χ0n) is 18.8. The van der Waals surface area contributed by atoms with Crippen LogP contribution < -0.4 is 10.5 Å². The molecule has 166 valence electrons. The molecule has 0 saturated heterocycles. The molecule has 0 aliphatic carbocycles. The Kier molecular flexibility index (Phi) is 6.22. The maximum absolute atomic E-state index is 13.0. The number of ether oxygens (including phenoxy) is 1. The van der Waals surface area contributed by atoms with Crippen molar-refractivity contribution in [1.82, 2.24) is 9.55 Å². The normalized spacial score (nSPS) is 16.0. The molecule has 7 heteroatoms. The van der Waals surface area contributed by atoms with Crippen LogP contribution in [0.15, 0.2) is 70.3 Å². The first-order chi connectivity index (χ1) is 15.3. The van der Waals surface area contributed by atoms with Gasteiger partial charge in [-0.05, 0) is 23.8 Å². The summed E-state index contributed by atoms with van der Waals surface area (Å²) in [5, 5.41) is 1.09. The SMILES string of the molecule is COCCn1c(SCC(=O)C=C2N(C)c3ccccc3C2(C)C)nc2ccccc2c1=O. The van der Waals surface area contributed by atoms with E-state index < -0.39 is 0 Å². The minimum atomic E-state index is -0.257. The van der Waals surface area contributed by atoms with Gasteiger partial charge in [0.15, 0.2) is 10.9 Å². The van der Waals surface area contributed by atoms with Crippen LogP contribution in [0.5, 0.6) is 0 Å². The number of likely N-dealkylation sites (N-methyl/N-ethyl adjacent to an activating group) is 1. The number of hydrogen-bond donors (Lipinski definition) is 0. The zero-order valence-corrected chi connectivity index (χ0v) is 19.6. The van der Waals surface area contributed by atoms with Crippen molar-refractivity contribution in [3.05, 3.63) is 76.2 Å². The summed E-state index contributed by atoms with van der Waals surface area (Å²) in [6, 6.07) is 15.5. The summed E-state index contributed by atoms with van der Waals surface area (Å²) >= 11 is 1.29. The highest BCUT2D eigenvalue weighted by molar-refractivity contribution is 7.99. The first-order valence-electron chi connectivity index (χ1n) is 10.5. The molecule has 32 heavy (non-hydrogen) atoms. The van der Waals surface area contributed by atoms with E-state index in [1.807, 2.05) is 37.4 Å². The molecule has 0 spiro atoms. The molecule has 2 aromatic carbocycles. The van der Waals surface area contributed by atoms with Crippen LogP contribution in [0.4, 0.5) is 5.69 Å². The standard InChI is InChI=1S/C25H27N3O3S/c1-25(2)19-10-6-8-12-21(19)27(3)22(25)15-17(29)16-32-24-26-20-11-7-5-9-18(20)23(30)28(24)13-14-31-4/h5-12,15H,13-14,16H2,1-4H3. The van der Waals surface area contributed by atoms with Crippen LogP contribution in [0.25, 0.3) is 10.9 Å². The second-order valence-corrected chi connectivity index (χ2v) is 9.29. The third-order valence-electron chi connectivity index (χ3n) is 5.93. The van der Waals surface area contributed by atoms with Gasteiger partial charge in [-0.15, -0.1) is 0 Å². The molecule has 0 radical (unpaired) electrons. The number of allylic oxidation sites excluding steroid dienone is 2. The number of ketones is 1. The molecular formula is C25H27N3O3S. The summed E-state index contributed by atoms with van der Waals surface area (Å²) in [5.41, 5.74) is 3.55. The topological polar surface area (TPSA) is 64.4 Å². The first kappa shape index (κ1) is 22.3. The summed E-state index contributed by atoms with van der Waals surface area (Å²) in [5.74, 6) is 0.181. The molecule has 0 unspecified atom stereocenters. The summed E-state index contributed by atoms with van der Waals surface area (Å²) in [6.45, 7) is 5.04. The molecule has 2 heterocycles. The van der Waals surface area contributed by atoms with Crippen LogP contribution in [-0.4, -0.2) is 41.9 Å². The predicted octanol–water partition coefficient (Wildman–Crippen LogP) is 4.02. The highest BCUT2D eigenvalue weighted by Gasteiger charge is 2.38. The van der Waals surface area contributed by atoms with Gasteiger partial charge in [-0.25, -0.2) is 4.98 Å². The maximum atomic E-state index is 13.0. The molecule has 0 N–H and O–H groups in total. The van der Waals surface area contributed by atoms with Crippen LogP contribution in [0.3, 0.4) is 0 Å². The van der Waals surface area contributed by atoms with Gasteiger partial charge in [0.2, 0.25) is 0 Å². The third-order valence-corrected chi connectivity index (χ3v) is 6.93. The third kappa shape index (κ3) is 3.98. The van der Waals surface area contributed by atoms with Crippen molar-refractivity contribution in [1.29, 1.82) is 0 Å². The molecule has 6 nitrogen and oxygen atoms in total. The van der Waals surface area contributed by atoms with E-state index in [1.165, 1.54) is 17.3 Å². The van der Waals surface area contributed by atoms with E-state index in [2.05, 4.69) is 35.9 Å². The molecule has 0 fully saturated rings. The predicted molar refractivity (Wildman–Crippen MR) is 130 cm³/mol. The van der Waals surface area contributed by atoms with Crippen molar-refractivity contribution >= 4 is 34.1 Å². The Balaban J connectivity index is 1.60. The van der Waals surface area contributed by atoms with Crippen molar-refractivity contribution in [3.63, 3.8) is 0 Å². The number of carbonyl (C=O) groups excluding carboxylic acids is 1. The largest absolute Gasteiger partial charge is 0.383 e. The Hall–Kier alpha value is -2.90. The number of rotatable bonds is 7. The van der Waals surface area contributed by atoms with E-state index >= 15 is 0 Å². The lowest BCUT2D eigenvalue weighted by Gasteiger charge is -2.24. The van der Waals surface area contributed by atoms with Crippen molar-refractivity contribution in [3.8, 4) is 0 Å². The van der Waals surface area contributed by atoms with Gasteiger partial charge in [-0.2, -0.15) is 0 Å². The van der Waals surface area contributed by atoms with Crippen molar-refractivity contribution < 1.29 is 9.53 Å². The summed E-state index contributed by atoms with van der Waals surface area (Å²) in [6.07, 6.45) is 1.73. The Morgan fingerprint density at radius 2 is 1.88 bits per heavy atom. The number of anilines is 1. The van der Waals surface area contributed by atoms with Crippen molar-refractivity contribution in [2.75, 3.05) is 31.4 Å². The van der Waals surface area contributed by atoms with Gasteiger partial charge >= 0.3 is 0 Å². The van der Waals surface area contributed by atoms with Gasteiger partial charge in [0.1, 0.15) is 0 Å². The number of nitrogens with zero attached hydrogens (tertiary/aromatic N) is 3. The molecule has 0 saturated carbocycles. The highest BCUT2D eigenvalue weighted by atomic mass is 32.2. The van der Waals surface area contributed by atoms with E-state index in [9.17, 15) is 9.59 Å². The number of benzene rings is 2. The van der Waals surface area contributed by atoms with E-state index in [1.54, 1.807) is 23.8 Å². The monoisotopic (exact) mass is 449 g/mol. The number of para-hydroxylation sites is 2. The van der Waals surface area contributed by atoms with Crippen LogP contribution in [0.1, 0.15) is 19.4 Å². The van der Waals surface area contributed by atoms with Gasteiger partial charge in [-0.1, -0.05) is 55.9 Å². The summed E-state index contributed by atoms with van der Waals surface area (Å²) in [4.78, 5) is 32.7. The van der Waals surface area contributed by atoms with E-state index in [0.29, 0.717) is 29.2 Å². The number of aromatic nitrogens is 2. The quantitative estimate of drug-likeness (QED) is 0.308. The molecule has 0 atom stereocenters. The Morgan fingerprint density at radius 1 is 1.16 bits per heavy atom. The molecule has 0 amide bonds. The minimum Gasteiger partial charge on any atom is -0.383 e. The molecular weight excluding hydrogens is 422 g/mol. The van der Waals surface area contributed by atoms with E-state index in [0.717, 1.165) is 11.4 Å². The molecule has 0 bridgehead atoms. The smallest absolute Gasteiger partial charge is 0.262 e. The van der Waals surface area contributed by atoms with Crippen LogP contribution in [0, 0.1) is 0 Å². The average molecular weight is 450 g/mol. The van der Waals surface area contributed by atoms with Gasteiger partial charge in [0.25, 0.3) is 5.56 Å². The summed E-state index contributed by atoms with van der Waals surface area (Å²) < 4.78 is 6.76. The van der Waals surface area contributed by atoms with Crippen LogP contribution in [-0.2, 0) is 21.5 Å². The Labute approximate surface area is 191 Å². The summed E-state index contributed by atoms with van der Waals surface area (Å²) in [7, 11) is 3.59.